The van der Waals surface area contributed by atoms with E-state index in [1.165, 1.54) is 21.4 Å². The summed E-state index contributed by atoms with van der Waals surface area (Å²) in [6.45, 7) is 3.96. The summed E-state index contributed by atoms with van der Waals surface area (Å²) in [5.41, 5.74) is 7.94. The SMILES string of the molecule is Cc1c(-c2ccc(NC(=O)C(c3cc(C(N)=O)n(C)n3)C3CCC(C)CC3)cc2F)ccc(=O)n1C. The minimum absolute atomic E-state index is 0.0502. The molecule has 0 spiro atoms. The summed E-state index contributed by atoms with van der Waals surface area (Å²) in [6, 6.07) is 9.11. The van der Waals surface area contributed by atoms with Crippen LogP contribution >= 0.6 is 0 Å². The maximum atomic E-state index is 15.2. The van der Waals surface area contributed by atoms with Crippen molar-refractivity contribution in [1.29, 1.82) is 0 Å². The van der Waals surface area contributed by atoms with Gasteiger partial charge in [0.1, 0.15) is 11.5 Å². The third-order valence-corrected chi connectivity index (χ3v) is 7.43. The van der Waals surface area contributed by atoms with E-state index in [2.05, 4.69) is 17.3 Å². The Balaban J connectivity index is 1.63. The van der Waals surface area contributed by atoms with Gasteiger partial charge in [-0.3, -0.25) is 19.1 Å². The van der Waals surface area contributed by atoms with Crippen LogP contribution in [0.25, 0.3) is 11.1 Å². The Morgan fingerprint density at radius 2 is 1.75 bits per heavy atom. The fraction of sp³-hybridized carbons (Fsp3) is 0.407. The summed E-state index contributed by atoms with van der Waals surface area (Å²) in [6.07, 6.45) is 3.74. The maximum absolute atomic E-state index is 15.2. The Labute approximate surface area is 209 Å². The Kier molecular flexibility index (Phi) is 7.10. The van der Waals surface area contributed by atoms with Crippen LogP contribution in [0.3, 0.4) is 0 Å². The van der Waals surface area contributed by atoms with Crippen LogP contribution in [-0.4, -0.2) is 26.2 Å². The summed E-state index contributed by atoms with van der Waals surface area (Å²) in [7, 11) is 3.26. The molecule has 3 N–H and O–H groups in total. The van der Waals surface area contributed by atoms with E-state index >= 15 is 4.39 Å². The molecule has 0 radical (unpaired) electrons. The molecule has 36 heavy (non-hydrogen) atoms. The van der Waals surface area contributed by atoms with Crippen molar-refractivity contribution in [1.82, 2.24) is 14.3 Å². The van der Waals surface area contributed by atoms with Gasteiger partial charge in [0.15, 0.2) is 0 Å². The molecule has 1 atom stereocenters. The summed E-state index contributed by atoms with van der Waals surface area (Å²) in [5, 5.41) is 7.30. The van der Waals surface area contributed by atoms with E-state index in [0.29, 0.717) is 34.1 Å². The van der Waals surface area contributed by atoms with Gasteiger partial charge in [0.2, 0.25) is 11.5 Å². The van der Waals surface area contributed by atoms with Gasteiger partial charge >= 0.3 is 0 Å². The number of hydrogen-bond acceptors (Lipinski definition) is 4. The predicted molar refractivity (Wildman–Crippen MR) is 136 cm³/mol. The molecule has 4 rings (SSSR count). The highest BCUT2D eigenvalue weighted by molar-refractivity contribution is 5.97. The van der Waals surface area contributed by atoms with Crippen molar-refractivity contribution >= 4 is 17.5 Å². The smallest absolute Gasteiger partial charge is 0.266 e. The first-order valence-electron chi connectivity index (χ1n) is 12.2. The van der Waals surface area contributed by atoms with E-state index in [1.54, 1.807) is 45.3 Å². The molecular formula is C27H32FN5O3. The average Bonchev–Trinajstić information content (AvgIpc) is 3.21. The Hall–Kier alpha value is -3.75. The lowest BCUT2D eigenvalue weighted by Gasteiger charge is -2.31. The third kappa shape index (κ3) is 4.96. The second kappa shape index (κ2) is 10.1. The van der Waals surface area contributed by atoms with Gasteiger partial charge in [-0.15, -0.1) is 0 Å². The minimum Gasteiger partial charge on any atom is -0.364 e. The second-order valence-electron chi connectivity index (χ2n) is 9.85. The zero-order valence-electron chi connectivity index (χ0n) is 21.0. The molecule has 1 aliphatic rings. The molecule has 3 aromatic rings. The van der Waals surface area contributed by atoms with Crippen molar-refractivity contribution in [3.05, 3.63) is 69.7 Å². The number of anilines is 1. The van der Waals surface area contributed by atoms with Crippen LogP contribution in [0, 0.1) is 24.6 Å². The van der Waals surface area contributed by atoms with Crippen LogP contribution < -0.4 is 16.6 Å². The number of nitrogens with zero attached hydrogens (tertiary/aromatic N) is 3. The molecular weight excluding hydrogens is 461 g/mol. The first kappa shape index (κ1) is 25.3. The molecule has 0 bridgehead atoms. The Morgan fingerprint density at radius 3 is 2.36 bits per heavy atom. The van der Waals surface area contributed by atoms with Gasteiger partial charge in [-0.1, -0.05) is 19.8 Å². The van der Waals surface area contributed by atoms with Gasteiger partial charge in [0.25, 0.3) is 5.91 Å². The summed E-state index contributed by atoms with van der Waals surface area (Å²) < 4.78 is 18.0. The van der Waals surface area contributed by atoms with Crippen molar-refractivity contribution in [3.8, 4) is 11.1 Å². The van der Waals surface area contributed by atoms with Gasteiger partial charge in [-0.25, -0.2) is 4.39 Å². The third-order valence-electron chi connectivity index (χ3n) is 7.43. The molecule has 0 saturated heterocycles. The number of rotatable bonds is 6. The van der Waals surface area contributed by atoms with Crippen LogP contribution in [0.4, 0.5) is 10.1 Å². The van der Waals surface area contributed by atoms with Gasteiger partial charge in [-0.05, 0) is 61.9 Å². The number of primary amides is 1. The number of nitrogens with two attached hydrogens (primary N) is 1. The van der Waals surface area contributed by atoms with E-state index < -0.39 is 17.6 Å². The largest absolute Gasteiger partial charge is 0.364 e. The molecule has 0 aliphatic heterocycles. The number of carbonyl (C=O) groups excluding carboxylic acids is 2. The predicted octanol–water partition coefficient (Wildman–Crippen LogP) is 3.88. The molecule has 9 heteroatoms. The highest BCUT2D eigenvalue weighted by Crippen LogP contribution is 2.39. The summed E-state index contributed by atoms with van der Waals surface area (Å²) in [5.74, 6) is -1.36. The van der Waals surface area contributed by atoms with Gasteiger partial charge in [-0.2, -0.15) is 5.10 Å². The molecule has 1 aliphatic carbocycles. The molecule has 1 fully saturated rings. The quantitative estimate of drug-likeness (QED) is 0.543. The Bertz CT molecular complexity index is 1370. The normalized spacial score (nSPS) is 18.6. The van der Waals surface area contributed by atoms with Crippen LogP contribution in [0.1, 0.15) is 60.4 Å². The van der Waals surface area contributed by atoms with Gasteiger partial charge < -0.3 is 15.6 Å². The molecule has 2 aromatic heterocycles. The molecule has 8 nitrogen and oxygen atoms in total. The van der Waals surface area contributed by atoms with E-state index in [4.69, 9.17) is 5.73 Å². The van der Waals surface area contributed by atoms with Crippen LogP contribution in [0.5, 0.6) is 0 Å². The first-order valence-corrected chi connectivity index (χ1v) is 12.2. The van der Waals surface area contributed by atoms with E-state index in [9.17, 15) is 14.4 Å². The fourth-order valence-corrected chi connectivity index (χ4v) is 5.13. The number of benzene rings is 1. The number of aromatic nitrogens is 3. The highest BCUT2D eigenvalue weighted by atomic mass is 19.1. The van der Waals surface area contributed by atoms with Crippen LogP contribution in [0.15, 0.2) is 41.2 Å². The van der Waals surface area contributed by atoms with Crippen molar-refractivity contribution in [2.45, 2.75) is 45.4 Å². The molecule has 190 valence electrons. The monoisotopic (exact) mass is 493 g/mol. The number of nitrogens with one attached hydrogen (secondary N) is 1. The van der Waals surface area contributed by atoms with E-state index in [1.807, 2.05) is 0 Å². The topological polar surface area (TPSA) is 112 Å². The summed E-state index contributed by atoms with van der Waals surface area (Å²) >= 11 is 0. The van der Waals surface area contributed by atoms with Gasteiger partial charge in [0, 0.05) is 42.7 Å². The highest BCUT2D eigenvalue weighted by Gasteiger charge is 2.35. The lowest BCUT2D eigenvalue weighted by atomic mass is 9.75. The maximum Gasteiger partial charge on any atom is 0.266 e. The fourth-order valence-electron chi connectivity index (χ4n) is 5.13. The second-order valence-corrected chi connectivity index (χ2v) is 9.85. The van der Waals surface area contributed by atoms with Crippen molar-refractivity contribution < 1.29 is 14.0 Å². The minimum atomic E-state index is -0.612. The lowest BCUT2D eigenvalue weighted by Crippen LogP contribution is -2.30. The lowest BCUT2D eigenvalue weighted by molar-refractivity contribution is -0.119. The number of carbonyl (C=O) groups is 2. The number of amides is 2. The van der Waals surface area contributed by atoms with Crippen LogP contribution in [0.2, 0.25) is 0 Å². The standard InChI is InChI=1S/C27H32FN5O3/c1-15-5-7-17(8-6-15)25(22-14-23(26(29)35)33(4)31-22)27(36)30-18-9-10-20(21(28)13-18)19-11-12-24(34)32(3)16(19)2/h9-15,17,25H,5-8H2,1-4H3,(H2,29,35)(H,30,36). The zero-order chi connectivity index (χ0) is 26.1. The average molecular weight is 494 g/mol. The molecule has 1 saturated carbocycles. The number of halogens is 1. The first-order chi connectivity index (χ1) is 17.1. The van der Waals surface area contributed by atoms with Crippen molar-refractivity contribution in [3.63, 3.8) is 0 Å². The number of pyridine rings is 1. The molecule has 2 heterocycles. The van der Waals surface area contributed by atoms with E-state index in [0.717, 1.165) is 25.7 Å². The number of aryl methyl sites for hydroxylation is 1. The van der Waals surface area contributed by atoms with E-state index in [-0.39, 0.29) is 23.1 Å². The van der Waals surface area contributed by atoms with Crippen molar-refractivity contribution in [2.75, 3.05) is 5.32 Å². The molecule has 2 amide bonds. The molecule has 1 unspecified atom stereocenters. The Morgan fingerprint density at radius 1 is 1.08 bits per heavy atom. The van der Waals surface area contributed by atoms with Gasteiger partial charge in [0.05, 0.1) is 11.6 Å². The van der Waals surface area contributed by atoms with Crippen LogP contribution in [-0.2, 0) is 18.9 Å². The summed E-state index contributed by atoms with van der Waals surface area (Å²) in [4.78, 5) is 37.2. The molecule has 1 aromatic carbocycles. The number of hydrogen-bond donors (Lipinski definition) is 2. The van der Waals surface area contributed by atoms with Crippen molar-refractivity contribution in [2.24, 2.45) is 31.7 Å². The zero-order valence-corrected chi connectivity index (χ0v) is 21.0.